The fraction of sp³-hybridized carbons (Fsp3) is 0.750. The normalized spacial score (nSPS) is 51.3. The second-order valence-corrected chi connectivity index (χ2v) is 11.2. The van der Waals surface area contributed by atoms with Crippen molar-refractivity contribution in [3.05, 3.63) is 23.6 Å². The SMILES string of the molecule is CC1(C)O[C@@H]2C[C@H]3[C@@H]4C[C@H](F)C5=C(F)C(=O)C=C[C@]5(C)[C@@]4(F)[C@@H](O)C[C@]3(C)[C@]2(C(=O)C(F)F)O1. The van der Waals surface area contributed by atoms with Crippen molar-refractivity contribution in [1.82, 2.24) is 0 Å². The molecular formula is C24H27F5O5. The Hall–Kier alpha value is -1.65. The van der Waals surface area contributed by atoms with Crippen molar-refractivity contribution in [3.63, 3.8) is 0 Å². The van der Waals surface area contributed by atoms with Crippen molar-refractivity contribution in [2.24, 2.45) is 22.7 Å². The van der Waals surface area contributed by atoms with Gasteiger partial charge in [-0.2, -0.15) is 0 Å². The third-order valence-electron chi connectivity index (χ3n) is 9.26. The molecule has 0 radical (unpaired) electrons. The van der Waals surface area contributed by atoms with Gasteiger partial charge in [-0.05, 0) is 52.0 Å². The number of fused-ring (bicyclic) bond motifs is 7. The van der Waals surface area contributed by atoms with E-state index >= 15 is 8.78 Å². The van der Waals surface area contributed by atoms with Crippen LogP contribution in [-0.4, -0.2) is 58.5 Å². The molecule has 1 N–H and O–H groups in total. The molecule has 1 aliphatic heterocycles. The molecule has 0 spiro atoms. The summed E-state index contributed by atoms with van der Waals surface area (Å²) < 4.78 is 86.8. The number of aliphatic hydroxyl groups is 1. The number of allylic oxidation sites excluding steroid dienone is 4. The number of alkyl halides is 4. The number of carbonyl (C=O) groups is 2. The topological polar surface area (TPSA) is 72.8 Å². The number of aliphatic hydroxyl groups excluding tert-OH is 1. The minimum Gasteiger partial charge on any atom is -0.390 e. The van der Waals surface area contributed by atoms with E-state index in [0.29, 0.717) is 0 Å². The van der Waals surface area contributed by atoms with Crippen molar-refractivity contribution in [2.75, 3.05) is 0 Å². The smallest absolute Gasteiger partial charge is 0.299 e. The minimum atomic E-state index is -3.40. The number of ketones is 2. The van der Waals surface area contributed by atoms with E-state index in [1.165, 1.54) is 27.7 Å². The molecule has 1 saturated heterocycles. The largest absolute Gasteiger partial charge is 0.390 e. The predicted octanol–water partition coefficient (Wildman–Crippen LogP) is 3.94. The first kappa shape index (κ1) is 24.1. The number of Topliss-reactive ketones (excluding diaryl/α,β-unsaturated/α-hetero) is 1. The first-order valence-corrected chi connectivity index (χ1v) is 11.4. The van der Waals surface area contributed by atoms with Gasteiger partial charge in [-0.1, -0.05) is 13.0 Å². The van der Waals surface area contributed by atoms with Gasteiger partial charge in [0.15, 0.2) is 22.9 Å². The molecule has 9 atom stereocenters. The van der Waals surface area contributed by atoms with Gasteiger partial charge in [0.25, 0.3) is 6.43 Å². The van der Waals surface area contributed by atoms with E-state index in [0.717, 1.165) is 12.2 Å². The molecule has 5 nitrogen and oxygen atoms in total. The Bertz CT molecular complexity index is 1040. The highest BCUT2D eigenvalue weighted by atomic mass is 19.3. The molecule has 3 saturated carbocycles. The van der Waals surface area contributed by atoms with Crippen LogP contribution in [0.5, 0.6) is 0 Å². The lowest BCUT2D eigenvalue weighted by atomic mass is 9.44. The van der Waals surface area contributed by atoms with Crippen molar-refractivity contribution in [3.8, 4) is 0 Å². The summed E-state index contributed by atoms with van der Waals surface area (Å²) in [6, 6.07) is 0. The molecule has 4 fully saturated rings. The summed E-state index contributed by atoms with van der Waals surface area (Å²) in [7, 11) is 0. The van der Waals surface area contributed by atoms with Gasteiger partial charge >= 0.3 is 0 Å². The van der Waals surface area contributed by atoms with Crippen LogP contribution in [0.4, 0.5) is 22.0 Å². The first-order valence-electron chi connectivity index (χ1n) is 11.4. The van der Waals surface area contributed by atoms with Crippen molar-refractivity contribution in [2.45, 2.75) is 88.8 Å². The quantitative estimate of drug-likeness (QED) is 0.594. The zero-order valence-corrected chi connectivity index (χ0v) is 19.2. The van der Waals surface area contributed by atoms with Gasteiger partial charge in [-0.3, -0.25) is 9.59 Å². The van der Waals surface area contributed by atoms with Gasteiger partial charge in [0.2, 0.25) is 11.6 Å². The molecule has 0 aromatic heterocycles. The molecule has 34 heavy (non-hydrogen) atoms. The summed E-state index contributed by atoms with van der Waals surface area (Å²) in [5, 5.41) is 11.2. The van der Waals surface area contributed by atoms with Gasteiger partial charge in [-0.15, -0.1) is 0 Å². The monoisotopic (exact) mass is 490 g/mol. The second kappa shape index (κ2) is 6.76. The maximum atomic E-state index is 17.1. The van der Waals surface area contributed by atoms with Gasteiger partial charge in [0, 0.05) is 22.3 Å². The molecule has 4 aliphatic carbocycles. The molecule has 5 rings (SSSR count). The number of rotatable bonds is 2. The summed E-state index contributed by atoms with van der Waals surface area (Å²) >= 11 is 0. The Morgan fingerprint density at radius 3 is 2.44 bits per heavy atom. The minimum absolute atomic E-state index is 0.0750. The standard InChI is InChI=1S/C24H27F5O5/c1-20(2)33-15-8-10-11-7-12(25)16-17(26)13(30)5-6-21(16,3)23(11,29)14(31)9-22(10,4)24(15,34-20)18(32)19(27)28/h5-6,10-12,14-15,19,31H,7-9H2,1-4H3/t10-,11-,12-,14-,15+,21-,22-,23-,24-/m0/s1. The predicted molar refractivity (Wildman–Crippen MR) is 108 cm³/mol. The van der Waals surface area contributed by atoms with E-state index in [9.17, 15) is 27.9 Å². The fourth-order valence-electron chi connectivity index (χ4n) is 7.99. The van der Waals surface area contributed by atoms with Gasteiger partial charge in [0.1, 0.15) is 6.17 Å². The Balaban J connectivity index is 1.68. The molecular weight excluding hydrogens is 463 g/mol. The van der Waals surface area contributed by atoms with Crippen molar-refractivity contribution < 1.29 is 46.1 Å². The van der Waals surface area contributed by atoms with Crippen molar-refractivity contribution >= 4 is 11.6 Å². The van der Waals surface area contributed by atoms with Crippen LogP contribution in [-0.2, 0) is 19.1 Å². The average Bonchev–Trinajstić information content (AvgIpc) is 3.13. The van der Waals surface area contributed by atoms with E-state index in [1.54, 1.807) is 0 Å². The van der Waals surface area contributed by atoms with Gasteiger partial charge < -0.3 is 14.6 Å². The molecule has 0 aromatic rings. The number of ether oxygens (including phenoxy) is 2. The zero-order valence-electron chi connectivity index (χ0n) is 19.2. The molecule has 5 aliphatic rings. The maximum Gasteiger partial charge on any atom is 0.299 e. The van der Waals surface area contributed by atoms with Crippen LogP contribution >= 0.6 is 0 Å². The molecule has 0 bridgehead atoms. The number of hydrogen-bond donors (Lipinski definition) is 1. The molecule has 10 heteroatoms. The highest BCUT2D eigenvalue weighted by molar-refractivity contribution is 6.04. The number of hydrogen-bond acceptors (Lipinski definition) is 5. The third kappa shape index (κ3) is 2.50. The summed E-state index contributed by atoms with van der Waals surface area (Å²) in [5.74, 6) is -7.53. The summed E-state index contributed by atoms with van der Waals surface area (Å²) in [6.07, 6.45) is -7.69. The van der Waals surface area contributed by atoms with Crippen LogP contribution in [0.1, 0.15) is 47.0 Å². The Kier molecular flexibility index (Phi) is 4.79. The molecule has 1 heterocycles. The molecule has 0 aromatic carbocycles. The second-order valence-electron chi connectivity index (χ2n) is 11.2. The van der Waals surface area contributed by atoms with E-state index in [4.69, 9.17) is 9.47 Å². The maximum absolute atomic E-state index is 17.1. The molecule has 0 unspecified atom stereocenters. The highest BCUT2D eigenvalue weighted by Gasteiger charge is 2.81. The summed E-state index contributed by atoms with van der Waals surface area (Å²) in [6.45, 7) is 5.67. The lowest BCUT2D eigenvalue weighted by Gasteiger charge is -2.63. The molecule has 0 amide bonds. The number of halogens is 5. The van der Waals surface area contributed by atoms with Crippen LogP contribution in [0.2, 0.25) is 0 Å². The van der Waals surface area contributed by atoms with E-state index in [1.807, 2.05) is 0 Å². The molecule has 188 valence electrons. The van der Waals surface area contributed by atoms with Crippen LogP contribution in [0.15, 0.2) is 23.6 Å². The summed E-state index contributed by atoms with van der Waals surface area (Å²) in [4.78, 5) is 24.8. The van der Waals surface area contributed by atoms with Gasteiger partial charge in [-0.25, -0.2) is 22.0 Å². The van der Waals surface area contributed by atoms with Gasteiger partial charge in [0.05, 0.1) is 12.2 Å². The van der Waals surface area contributed by atoms with Crippen LogP contribution in [0.3, 0.4) is 0 Å². The van der Waals surface area contributed by atoms with Crippen LogP contribution in [0.25, 0.3) is 0 Å². The lowest BCUT2D eigenvalue weighted by Crippen LogP contribution is -2.71. The first-order chi connectivity index (χ1) is 15.6. The van der Waals surface area contributed by atoms with E-state index in [-0.39, 0.29) is 6.42 Å². The zero-order chi connectivity index (χ0) is 25.2. The fourth-order valence-corrected chi connectivity index (χ4v) is 7.99. The van der Waals surface area contributed by atoms with E-state index < -0.39 is 100 Å². The number of carbonyl (C=O) groups excluding carboxylic acids is 2. The Morgan fingerprint density at radius 1 is 1.18 bits per heavy atom. The average molecular weight is 490 g/mol. The van der Waals surface area contributed by atoms with E-state index in [2.05, 4.69) is 0 Å². The third-order valence-corrected chi connectivity index (χ3v) is 9.26. The Morgan fingerprint density at radius 2 is 1.82 bits per heavy atom. The lowest BCUT2D eigenvalue weighted by molar-refractivity contribution is -0.250. The summed E-state index contributed by atoms with van der Waals surface area (Å²) in [5.41, 5.74) is -8.92. The van der Waals surface area contributed by atoms with Crippen LogP contribution in [0, 0.1) is 22.7 Å². The highest BCUT2D eigenvalue weighted by Crippen LogP contribution is 2.73. The van der Waals surface area contributed by atoms with Crippen LogP contribution < -0.4 is 0 Å². The Labute approximate surface area is 193 Å². The van der Waals surface area contributed by atoms with Crippen molar-refractivity contribution in [1.29, 1.82) is 0 Å².